The van der Waals surface area contributed by atoms with E-state index in [9.17, 15) is 4.79 Å². The molecule has 0 saturated carbocycles. The number of esters is 1. The van der Waals surface area contributed by atoms with Gasteiger partial charge in [-0.15, -0.1) is 0 Å². The van der Waals surface area contributed by atoms with Crippen molar-refractivity contribution in [3.05, 3.63) is 95.8 Å². The predicted octanol–water partition coefficient (Wildman–Crippen LogP) is 5.10. The van der Waals surface area contributed by atoms with Crippen molar-refractivity contribution in [3.63, 3.8) is 0 Å². The van der Waals surface area contributed by atoms with Gasteiger partial charge in [-0.05, 0) is 29.8 Å². The Bertz CT molecular complexity index is 1060. The van der Waals surface area contributed by atoms with E-state index in [-0.39, 0.29) is 11.4 Å². The van der Waals surface area contributed by atoms with Crippen molar-refractivity contribution in [1.82, 2.24) is 4.98 Å². The third-order valence-corrected chi connectivity index (χ3v) is 5.69. The summed E-state index contributed by atoms with van der Waals surface area (Å²) in [4.78, 5) is 20.2. The third-order valence-electron chi connectivity index (χ3n) is 5.69. The van der Waals surface area contributed by atoms with E-state index in [1.54, 1.807) is 0 Å². The van der Waals surface area contributed by atoms with Crippen LogP contribution in [0.5, 0.6) is 0 Å². The standard InChI is InChI=1S/C27H30N2O3/c1-26(2,3)25-31-24(30)27(32-25,20-12-7-5-8-13-20)18-21-14-11-15-22(28-21)19-29(4)23-16-9-6-10-17-23/h5-17,25H,18-19H2,1-4H3/t25-,27+/m1/s1. The number of aromatic nitrogens is 1. The van der Waals surface area contributed by atoms with Gasteiger partial charge in [0.25, 0.3) is 0 Å². The number of anilines is 1. The second-order valence-electron chi connectivity index (χ2n) is 9.40. The van der Waals surface area contributed by atoms with E-state index in [0.29, 0.717) is 13.0 Å². The van der Waals surface area contributed by atoms with E-state index in [4.69, 9.17) is 14.5 Å². The molecule has 2 aromatic carbocycles. The van der Waals surface area contributed by atoms with Gasteiger partial charge < -0.3 is 14.4 Å². The Hall–Kier alpha value is -3.18. The zero-order chi connectivity index (χ0) is 22.8. The van der Waals surface area contributed by atoms with Crippen LogP contribution in [0.15, 0.2) is 78.9 Å². The van der Waals surface area contributed by atoms with Crippen LogP contribution in [0.3, 0.4) is 0 Å². The molecule has 5 nitrogen and oxygen atoms in total. The van der Waals surface area contributed by atoms with Gasteiger partial charge in [0.1, 0.15) is 0 Å². The van der Waals surface area contributed by atoms with Crippen molar-refractivity contribution < 1.29 is 14.3 Å². The van der Waals surface area contributed by atoms with E-state index in [0.717, 1.165) is 22.6 Å². The van der Waals surface area contributed by atoms with Crippen LogP contribution in [0.4, 0.5) is 5.69 Å². The van der Waals surface area contributed by atoms with Crippen LogP contribution >= 0.6 is 0 Å². The summed E-state index contributed by atoms with van der Waals surface area (Å²) in [5.74, 6) is -0.364. The number of hydrogen-bond acceptors (Lipinski definition) is 5. The molecule has 5 heteroatoms. The maximum Gasteiger partial charge on any atom is 0.346 e. The molecule has 0 amide bonds. The minimum absolute atomic E-state index is 0.311. The average Bonchev–Trinajstić information content (AvgIpc) is 3.13. The molecule has 1 fully saturated rings. The van der Waals surface area contributed by atoms with Crippen LogP contribution in [0.1, 0.15) is 37.7 Å². The zero-order valence-electron chi connectivity index (χ0n) is 19.1. The number of pyridine rings is 1. The summed E-state index contributed by atoms with van der Waals surface area (Å²) in [7, 11) is 2.04. The largest absolute Gasteiger partial charge is 0.433 e. The quantitative estimate of drug-likeness (QED) is 0.509. The second kappa shape index (κ2) is 8.75. The number of carbonyl (C=O) groups is 1. The van der Waals surface area contributed by atoms with Gasteiger partial charge in [0.2, 0.25) is 6.29 Å². The minimum Gasteiger partial charge on any atom is -0.433 e. The number of carbonyl (C=O) groups excluding carboxylic acids is 1. The molecule has 166 valence electrons. The fraction of sp³-hybridized carbons (Fsp3) is 0.333. The van der Waals surface area contributed by atoms with Crippen LogP contribution in [-0.2, 0) is 32.8 Å². The van der Waals surface area contributed by atoms with Crippen molar-refractivity contribution >= 4 is 11.7 Å². The maximum absolute atomic E-state index is 13.2. The summed E-state index contributed by atoms with van der Waals surface area (Å²) in [6.07, 6.45) is -0.312. The molecule has 1 aliphatic heterocycles. The first-order valence-corrected chi connectivity index (χ1v) is 10.9. The Morgan fingerprint density at radius 1 is 0.906 bits per heavy atom. The summed E-state index contributed by atoms with van der Waals surface area (Å²) in [5.41, 5.74) is 2.08. The van der Waals surface area contributed by atoms with Crippen LogP contribution in [0.2, 0.25) is 0 Å². The Morgan fingerprint density at radius 3 is 2.16 bits per heavy atom. The van der Waals surface area contributed by atoms with Crippen molar-refractivity contribution in [2.45, 2.75) is 45.6 Å². The van der Waals surface area contributed by atoms with Gasteiger partial charge in [-0.2, -0.15) is 0 Å². The van der Waals surface area contributed by atoms with Gasteiger partial charge in [0.15, 0.2) is 5.60 Å². The first-order chi connectivity index (χ1) is 15.3. The maximum atomic E-state index is 13.2. The second-order valence-corrected chi connectivity index (χ2v) is 9.40. The lowest BCUT2D eigenvalue weighted by molar-refractivity contribution is -0.156. The van der Waals surface area contributed by atoms with Crippen molar-refractivity contribution in [1.29, 1.82) is 0 Å². The topological polar surface area (TPSA) is 51.7 Å². The fourth-order valence-electron chi connectivity index (χ4n) is 3.90. The lowest BCUT2D eigenvalue weighted by Gasteiger charge is -2.29. The average molecular weight is 431 g/mol. The lowest BCUT2D eigenvalue weighted by Crippen LogP contribution is -2.37. The summed E-state index contributed by atoms with van der Waals surface area (Å²) < 4.78 is 12.1. The molecule has 32 heavy (non-hydrogen) atoms. The van der Waals surface area contributed by atoms with Gasteiger partial charge in [0.05, 0.1) is 12.2 Å². The van der Waals surface area contributed by atoms with Crippen molar-refractivity contribution in [2.75, 3.05) is 11.9 Å². The summed E-state index contributed by atoms with van der Waals surface area (Å²) in [6, 6.07) is 25.7. The number of ether oxygens (including phenoxy) is 2. The molecule has 2 heterocycles. The molecule has 0 unspecified atom stereocenters. The lowest BCUT2D eigenvalue weighted by atomic mass is 9.88. The molecule has 0 radical (unpaired) electrons. The number of rotatable bonds is 6. The first-order valence-electron chi connectivity index (χ1n) is 10.9. The number of para-hydroxylation sites is 1. The highest BCUT2D eigenvalue weighted by Gasteiger charge is 2.54. The zero-order valence-corrected chi connectivity index (χ0v) is 19.1. The molecule has 1 saturated heterocycles. The molecule has 0 bridgehead atoms. The fourth-order valence-corrected chi connectivity index (χ4v) is 3.90. The predicted molar refractivity (Wildman–Crippen MR) is 125 cm³/mol. The number of nitrogens with zero attached hydrogens (tertiary/aromatic N) is 2. The van der Waals surface area contributed by atoms with E-state index < -0.39 is 11.9 Å². The SMILES string of the molecule is CN(Cc1cccc(C[C@@]2(c3ccccc3)O[C@H](C(C)(C)C)OC2=O)n1)c1ccccc1. The van der Waals surface area contributed by atoms with Crippen LogP contribution in [0, 0.1) is 5.41 Å². The Labute approximate surface area is 190 Å². The molecular formula is C27H30N2O3. The van der Waals surface area contributed by atoms with Gasteiger partial charge in [-0.3, -0.25) is 4.98 Å². The molecule has 1 aromatic heterocycles. The normalized spacial score (nSPS) is 20.8. The number of hydrogen-bond donors (Lipinski definition) is 0. The highest BCUT2D eigenvalue weighted by molar-refractivity contribution is 5.83. The highest BCUT2D eigenvalue weighted by Crippen LogP contribution is 2.42. The summed E-state index contributed by atoms with van der Waals surface area (Å²) >= 11 is 0. The molecule has 3 aromatic rings. The summed E-state index contributed by atoms with van der Waals surface area (Å²) in [5, 5.41) is 0. The van der Waals surface area contributed by atoms with Crippen molar-refractivity contribution in [2.24, 2.45) is 5.41 Å². The Morgan fingerprint density at radius 2 is 1.53 bits per heavy atom. The van der Waals surface area contributed by atoms with Crippen LogP contribution in [0.25, 0.3) is 0 Å². The molecule has 0 aliphatic carbocycles. The molecule has 2 atom stereocenters. The van der Waals surface area contributed by atoms with Crippen LogP contribution in [-0.4, -0.2) is 24.3 Å². The Balaban J connectivity index is 1.63. The van der Waals surface area contributed by atoms with E-state index in [1.807, 2.05) is 94.5 Å². The molecular weight excluding hydrogens is 400 g/mol. The van der Waals surface area contributed by atoms with Gasteiger partial charge in [-0.1, -0.05) is 75.4 Å². The van der Waals surface area contributed by atoms with Crippen LogP contribution < -0.4 is 4.90 Å². The highest BCUT2D eigenvalue weighted by atomic mass is 16.8. The van der Waals surface area contributed by atoms with E-state index >= 15 is 0 Å². The number of benzene rings is 2. The first kappa shape index (κ1) is 22.0. The molecule has 0 N–H and O–H groups in total. The third kappa shape index (κ3) is 4.53. The minimum atomic E-state index is -1.21. The molecule has 0 spiro atoms. The number of cyclic esters (lactones) is 1. The van der Waals surface area contributed by atoms with E-state index in [2.05, 4.69) is 17.0 Å². The van der Waals surface area contributed by atoms with Gasteiger partial charge in [0, 0.05) is 30.3 Å². The monoisotopic (exact) mass is 430 g/mol. The summed E-state index contributed by atoms with van der Waals surface area (Å²) in [6.45, 7) is 6.67. The van der Waals surface area contributed by atoms with Crippen molar-refractivity contribution in [3.8, 4) is 0 Å². The Kier molecular flexibility index (Phi) is 6.02. The molecule has 4 rings (SSSR count). The van der Waals surface area contributed by atoms with Gasteiger partial charge in [-0.25, -0.2) is 4.79 Å². The molecule has 1 aliphatic rings. The van der Waals surface area contributed by atoms with E-state index in [1.165, 1.54) is 0 Å². The van der Waals surface area contributed by atoms with Gasteiger partial charge >= 0.3 is 5.97 Å². The smallest absolute Gasteiger partial charge is 0.346 e.